The molecule has 0 N–H and O–H groups in total. The number of pyridine rings is 1. The molecule has 1 unspecified atom stereocenters. The Hall–Kier alpha value is -4.46. The number of amides is 1. The summed E-state index contributed by atoms with van der Waals surface area (Å²) in [5.41, 5.74) is 0.607. The maximum atomic E-state index is 14.3. The van der Waals surface area contributed by atoms with Gasteiger partial charge in [-0.1, -0.05) is 36.4 Å². The van der Waals surface area contributed by atoms with Crippen molar-refractivity contribution in [1.82, 2.24) is 14.2 Å². The van der Waals surface area contributed by atoms with E-state index >= 15 is 0 Å². The van der Waals surface area contributed by atoms with Crippen LogP contribution in [0.2, 0.25) is 0 Å². The van der Waals surface area contributed by atoms with Gasteiger partial charge in [-0.2, -0.15) is 9.57 Å². The molecule has 2 fully saturated rings. The molecular formula is C32H29N5O4S. The van der Waals surface area contributed by atoms with Gasteiger partial charge in [-0.3, -0.25) is 24.5 Å². The van der Waals surface area contributed by atoms with E-state index in [9.17, 15) is 18.0 Å². The number of fused-ring (bicyclic) bond motifs is 1. The Kier molecular flexibility index (Phi) is 7.09. The van der Waals surface area contributed by atoms with Gasteiger partial charge in [0.1, 0.15) is 11.4 Å². The van der Waals surface area contributed by atoms with Crippen LogP contribution in [0.4, 0.5) is 0 Å². The SMILES string of the molecule is C=CCC1(Cc2ccncc2)N=C(CC(=O)c2ccc(C#N)cc2)N(C2[C@H]3CN(S(=O)(=O)c4ccccc4)C[C@H]23)C1=O. The molecule has 1 amide bonds. The van der Waals surface area contributed by atoms with E-state index in [1.165, 1.54) is 4.31 Å². The third kappa shape index (κ3) is 4.85. The van der Waals surface area contributed by atoms with Gasteiger partial charge < -0.3 is 0 Å². The van der Waals surface area contributed by atoms with Crippen molar-refractivity contribution in [2.45, 2.75) is 35.7 Å². The van der Waals surface area contributed by atoms with Gasteiger partial charge in [0.25, 0.3) is 5.91 Å². The summed E-state index contributed by atoms with van der Waals surface area (Å²) in [6, 6.07) is 20.2. The molecule has 212 valence electrons. The van der Waals surface area contributed by atoms with Crippen LogP contribution in [-0.4, -0.2) is 64.8 Å². The van der Waals surface area contributed by atoms with Crippen molar-refractivity contribution in [2.75, 3.05) is 13.1 Å². The topological polar surface area (TPSA) is 124 Å². The fourth-order valence-corrected chi connectivity index (χ4v) is 7.81. The Morgan fingerprint density at radius 3 is 2.33 bits per heavy atom. The lowest BCUT2D eigenvalue weighted by Gasteiger charge is -2.28. The molecule has 0 radical (unpaired) electrons. The van der Waals surface area contributed by atoms with Gasteiger partial charge in [-0.15, -0.1) is 6.58 Å². The Bertz CT molecular complexity index is 1710. The minimum atomic E-state index is -3.64. The Labute approximate surface area is 244 Å². The highest BCUT2D eigenvalue weighted by Gasteiger charge is 2.65. The highest BCUT2D eigenvalue weighted by atomic mass is 32.2. The van der Waals surface area contributed by atoms with Crippen LogP contribution < -0.4 is 0 Å². The summed E-state index contributed by atoms with van der Waals surface area (Å²) in [7, 11) is -3.64. The number of carbonyl (C=O) groups excluding carboxylic acids is 2. The van der Waals surface area contributed by atoms with Gasteiger partial charge in [0, 0.05) is 55.3 Å². The number of Topliss-reactive ketones (excluding diaryl/α,β-unsaturated/α-hetero) is 1. The summed E-state index contributed by atoms with van der Waals surface area (Å²) < 4.78 is 28.0. The van der Waals surface area contributed by atoms with Crippen LogP contribution in [0, 0.1) is 23.2 Å². The number of ketones is 1. The van der Waals surface area contributed by atoms with E-state index in [2.05, 4.69) is 11.6 Å². The normalized spacial score (nSPS) is 25.0. The maximum absolute atomic E-state index is 14.3. The van der Waals surface area contributed by atoms with Gasteiger partial charge >= 0.3 is 0 Å². The molecule has 10 heteroatoms. The van der Waals surface area contributed by atoms with E-state index in [0.29, 0.717) is 36.5 Å². The molecule has 3 heterocycles. The lowest BCUT2D eigenvalue weighted by atomic mass is 9.88. The number of hydrogen-bond donors (Lipinski definition) is 0. The third-order valence-corrected chi connectivity index (χ3v) is 10.3. The van der Waals surface area contributed by atoms with Gasteiger partial charge in [0.2, 0.25) is 10.0 Å². The second-order valence-electron chi connectivity index (χ2n) is 11.0. The van der Waals surface area contributed by atoms with Crippen molar-refractivity contribution in [1.29, 1.82) is 5.26 Å². The Morgan fingerprint density at radius 1 is 1.05 bits per heavy atom. The summed E-state index contributed by atoms with van der Waals surface area (Å²) in [4.78, 5) is 38.7. The first-order valence-electron chi connectivity index (χ1n) is 13.8. The Morgan fingerprint density at radius 2 is 1.71 bits per heavy atom. The van der Waals surface area contributed by atoms with Gasteiger partial charge in [0.15, 0.2) is 5.78 Å². The maximum Gasteiger partial charge on any atom is 0.256 e. The van der Waals surface area contributed by atoms with Crippen LogP contribution in [0.15, 0.2) is 102 Å². The van der Waals surface area contributed by atoms with Crippen molar-refractivity contribution in [3.63, 3.8) is 0 Å². The number of benzene rings is 2. The molecule has 1 saturated heterocycles. The van der Waals surface area contributed by atoms with Crippen LogP contribution in [-0.2, 0) is 21.2 Å². The number of aliphatic imine (C=N–C) groups is 1. The molecule has 3 aliphatic rings. The van der Waals surface area contributed by atoms with E-state index in [4.69, 9.17) is 10.3 Å². The number of piperidine rings is 1. The van der Waals surface area contributed by atoms with Gasteiger partial charge in [-0.05, 0) is 48.4 Å². The summed E-state index contributed by atoms with van der Waals surface area (Å²) in [6.45, 7) is 4.48. The third-order valence-electron chi connectivity index (χ3n) is 8.42. The molecule has 6 rings (SSSR count). The smallest absolute Gasteiger partial charge is 0.256 e. The number of sulfonamides is 1. The first-order valence-corrected chi connectivity index (χ1v) is 15.2. The summed E-state index contributed by atoms with van der Waals surface area (Å²) in [5.74, 6) is -0.125. The monoisotopic (exact) mass is 579 g/mol. The second kappa shape index (κ2) is 10.7. The van der Waals surface area contributed by atoms with Crippen molar-refractivity contribution in [3.05, 3.63) is 108 Å². The number of hydrogen-bond acceptors (Lipinski definition) is 7. The highest BCUT2D eigenvalue weighted by molar-refractivity contribution is 7.89. The van der Waals surface area contributed by atoms with E-state index < -0.39 is 15.6 Å². The molecular weight excluding hydrogens is 550 g/mol. The molecule has 3 aromatic rings. The fourth-order valence-electron chi connectivity index (χ4n) is 6.27. The average molecular weight is 580 g/mol. The van der Waals surface area contributed by atoms with Gasteiger partial charge in [-0.25, -0.2) is 8.42 Å². The molecule has 1 saturated carbocycles. The summed E-state index contributed by atoms with van der Waals surface area (Å²) in [5, 5.41) is 9.12. The number of carbonyl (C=O) groups is 2. The van der Waals surface area contributed by atoms with Crippen LogP contribution in [0.1, 0.15) is 34.3 Å². The zero-order valence-electron chi connectivity index (χ0n) is 22.8. The van der Waals surface area contributed by atoms with Crippen molar-refractivity contribution < 1.29 is 18.0 Å². The zero-order valence-corrected chi connectivity index (χ0v) is 23.7. The van der Waals surface area contributed by atoms with Crippen molar-refractivity contribution in [2.24, 2.45) is 16.8 Å². The van der Waals surface area contributed by atoms with Crippen molar-refractivity contribution >= 4 is 27.5 Å². The largest absolute Gasteiger partial charge is 0.294 e. The average Bonchev–Trinajstić information content (AvgIpc) is 3.34. The van der Waals surface area contributed by atoms with Crippen LogP contribution >= 0.6 is 0 Å². The number of rotatable bonds is 10. The molecule has 9 nitrogen and oxygen atoms in total. The van der Waals surface area contributed by atoms with Crippen LogP contribution in [0.5, 0.6) is 0 Å². The number of nitriles is 1. The quantitative estimate of drug-likeness (QED) is 0.267. The molecule has 1 aliphatic carbocycles. The standard InChI is InChI=1S/C32H29N5O4S/c1-2-14-32(18-22-12-15-34-16-13-22)31(39)37(29(35-32)17-28(38)24-10-8-23(19-33)9-11-24)30-26-20-36(21-27(26)30)42(40,41)25-6-4-3-5-7-25/h2-13,15-16,26-27,30H,1,14,17-18,20-21H2/t26-,27-,32?/m0/s1. The van der Waals surface area contributed by atoms with E-state index in [1.807, 2.05) is 18.2 Å². The lowest BCUT2D eigenvalue weighted by Crippen LogP contribution is -2.47. The van der Waals surface area contributed by atoms with E-state index in [-0.39, 0.29) is 47.3 Å². The zero-order chi connectivity index (χ0) is 29.5. The molecule has 2 aliphatic heterocycles. The predicted octanol–water partition coefficient (Wildman–Crippen LogP) is 3.64. The molecule has 1 aromatic heterocycles. The lowest BCUT2D eigenvalue weighted by molar-refractivity contribution is -0.131. The molecule has 3 atom stereocenters. The van der Waals surface area contributed by atoms with Crippen molar-refractivity contribution in [3.8, 4) is 6.07 Å². The minimum absolute atomic E-state index is 0.0527. The molecule has 42 heavy (non-hydrogen) atoms. The summed E-state index contributed by atoms with van der Waals surface area (Å²) >= 11 is 0. The first kappa shape index (κ1) is 27.7. The van der Waals surface area contributed by atoms with E-state index in [1.54, 1.807) is 78.0 Å². The molecule has 0 bridgehead atoms. The molecule has 0 spiro atoms. The van der Waals surface area contributed by atoms with E-state index in [0.717, 1.165) is 5.56 Å². The Balaban J connectivity index is 1.29. The fraction of sp³-hybridized carbons (Fsp3) is 0.281. The van der Waals surface area contributed by atoms with Crippen LogP contribution in [0.3, 0.4) is 0 Å². The number of amidine groups is 1. The summed E-state index contributed by atoms with van der Waals surface area (Å²) in [6.07, 6.45) is 5.53. The number of aromatic nitrogens is 1. The number of nitrogens with zero attached hydrogens (tertiary/aromatic N) is 5. The van der Waals surface area contributed by atoms with Crippen LogP contribution in [0.25, 0.3) is 0 Å². The second-order valence-corrected chi connectivity index (χ2v) is 12.9. The first-order chi connectivity index (χ1) is 20.3. The minimum Gasteiger partial charge on any atom is -0.294 e. The predicted molar refractivity (Wildman–Crippen MR) is 156 cm³/mol. The molecule has 2 aromatic carbocycles. The highest BCUT2D eigenvalue weighted by Crippen LogP contribution is 2.52. The van der Waals surface area contributed by atoms with Gasteiger partial charge in [0.05, 0.1) is 22.9 Å².